The van der Waals surface area contributed by atoms with Gasteiger partial charge in [-0.2, -0.15) is 0 Å². The van der Waals surface area contributed by atoms with Crippen LogP contribution in [0.1, 0.15) is 36.2 Å². The van der Waals surface area contributed by atoms with Crippen LogP contribution >= 0.6 is 11.3 Å². The topological polar surface area (TPSA) is 105 Å². The Morgan fingerprint density at radius 3 is 2.87 bits per heavy atom. The lowest BCUT2D eigenvalue weighted by molar-refractivity contribution is -0.153. The Hall–Kier alpha value is -2.72. The van der Waals surface area contributed by atoms with Crippen LogP contribution in [-0.4, -0.2) is 50.2 Å². The highest BCUT2D eigenvalue weighted by molar-refractivity contribution is 7.90. The zero-order valence-corrected chi connectivity index (χ0v) is 17.9. The largest absolute Gasteiger partial charge is 0.454 e. The van der Waals surface area contributed by atoms with E-state index in [1.54, 1.807) is 34.4 Å². The Bertz CT molecular complexity index is 1100. The summed E-state index contributed by atoms with van der Waals surface area (Å²) in [6.45, 7) is 1.77. The van der Waals surface area contributed by atoms with Gasteiger partial charge < -0.3 is 9.64 Å². The molecule has 1 aromatic heterocycles. The van der Waals surface area contributed by atoms with Crippen LogP contribution in [-0.2, 0) is 24.3 Å². The fourth-order valence-corrected chi connectivity index (χ4v) is 5.77. The molecule has 1 aromatic carbocycles. The summed E-state index contributed by atoms with van der Waals surface area (Å²) in [5.41, 5.74) is 0.407. The molecule has 2 aromatic rings. The van der Waals surface area contributed by atoms with E-state index in [1.165, 1.54) is 13.0 Å². The monoisotopic (exact) mass is 447 g/mol. The Morgan fingerprint density at radius 2 is 2.10 bits per heavy atom. The number of rotatable bonds is 5. The number of nitrogens with zero attached hydrogens (tertiary/aromatic N) is 2. The molecular formula is C20H21N3O5S2. The zero-order valence-electron chi connectivity index (χ0n) is 16.3. The molecule has 0 saturated carbocycles. The van der Waals surface area contributed by atoms with Crippen molar-refractivity contribution < 1.29 is 22.7 Å². The maximum Gasteiger partial charge on any atom is 0.331 e. The fraction of sp³-hybridized carbons (Fsp3) is 0.350. The summed E-state index contributed by atoms with van der Waals surface area (Å²) in [6.07, 6.45) is 1.80. The minimum absolute atomic E-state index is 0.0262. The lowest BCUT2D eigenvalue weighted by Gasteiger charge is -2.23. The van der Waals surface area contributed by atoms with E-state index >= 15 is 0 Å². The average Bonchev–Trinajstić information content (AvgIpc) is 3.46. The molecule has 0 spiro atoms. The second-order valence-electron chi connectivity index (χ2n) is 7.12. The average molecular weight is 448 g/mol. The minimum atomic E-state index is -3.68. The van der Waals surface area contributed by atoms with Gasteiger partial charge in [-0.1, -0.05) is 18.2 Å². The highest BCUT2D eigenvalue weighted by Gasteiger charge is 2.33. The first-order valence-corrected chi connectivity index (χ1v) is 11.9. The molecule has 0 aliphatic carbocycles. The Kier molecular flexibility index (Phi) is 5.61. The van der Waals surface area contributed by atoms with E-state index in [2.05, 4.69) is 9.71 Å². The lowest BCUT2D eigenvalue weighted by Crippen LogP contribution is -2.35. The van der Waals surface area contributed by atoms with Crippen molar-refractivity contribution in [3.8, 4) is 0 Å². The summed E-state index contributed by atoms with van der Waals surface area (Å²) < 4.78 is 31.8. The summed E-state index contributed by atoms with van der Waals surface area (Å²) in [5, 5.41) is 1.98. The number of amides is 1. The van der Waals surface area contributed by atoms with Crippen LogP contribution in [0, 0.1) is 0 Å². The van der Waals surface area contributed by atoms with Gasteiger partial charge >= 0.3 is 5.97 Å². The number of amidine groups is 1. The van der Waals surface area contributed by atoms with Gasteiger partial charge in [-0.3, -0.25) is 14.5 Å². The van der Waals surface area contributed by atoms with E-state index in [4.69, 9.17) is 4.74 Å². The van der Waals surface area contributed by atoms with Crippen molar-refractivity contribution >= 4 is 39.1 Å². The normalized spacial score (nSPS) is 21.8. The number of ether oxygens (including phenoxy) is 1. The molecule has 158 valence electrons. The number of carbonyl (C=O) groups is 2. The quantitative estimate of drug-likeness (QED) is 0.707. The molecule has 1 N–H and O–H groups in total. The van der Waals surface area contributed by atoms with Crippen molar-refractivity contribution in [3.05, 3.63) is 52.2 Å². The van der Waals surface area contributed by atoms with E-state index in [1.807, 2.05) is 17.5 Å². The SMILES string of the molecule is CC(N=C1NS(=O)(=O)c2ccccc21)C(=O)OCC(=O)N1CCCC1c1cccs1. The third-order valence-corrected chi connectivity index (χ3v) is 7.48. The van der Waals surface area contributed by atoms with Gasteiger partial charge in [0.05, 0.1) is 10.9 Å². The number of hydrogen-bond acceptors (Lipinski definition) is 7. The van der Waals surface area contributed by atoms with Gasteiger partial charge in [-0.25, -0.2) is 13.2 Å². The van der Waals surface area contributed by atoms with Crippen molar-refractivity contribution in [1.82, 2.24) is 9.62 Å². The van der Waals surface area contributed by atoms with Crippen LogP contribution in [0.4, 0.5) is 0 Å². The number of esters is 1. The van der Waals surface area contributed by atoms with Crippen molar-refractivity contribution in [3.63, 3.8) is 0 Å². The molecule has 8 nitrogen and oxygen atoms in total. The number of sulfonamides is 1. The number of benzene rings is 1. The zero-order chi connectivity index (χ0) is 21.3. The summed E-state index contributed by atoms with van der Waals surface area (Å²) in [5.74, 6) is -0.837. The molecule has 0 bridgehead atoms. The van der Waals surface area contributed by atoms with Crippen LogP contribution in [0.3, 0.4) is 0 Å². The number of likely N-dealkylation sites (tertiary alicyclic amines) is 1. The van der Waals surface area contributed by atoms with E-state index in [0.29, 0.717) is 12.1 Å². The third-order valence-electron chi connectivity index (χ3n) is 5.11. The molecule has 2 unspecified atom stereocenters. The first-order chi connectivity index (χ1) is 14.4. The van der Waals surface area contributed by atoms with E-state index in [-0.39, 0.29) is 29.3 Å². The van der Waals surface area contributed by atoms with Gasteiger partial charge in [0.1, 0.15) is 11.9 Å². The highest BCUT2D eigenvalue weighted by Crippen LogP contribution is 2.34. The Balaban J connectivity index is 1.39. The molecule has 1 amide bonds. The lowest BCUT2D eigenvalue weighted by atomic mass is 10.2. The maximum absolute atomic E-state index is 12.6. The smallest absolute Gasteiger partial charge is 0.331 e. The molecule has 1 saturated heterocycles. The maximum atomic E-state index is 12.6. The minimum Gasteiger partial charge on any atom is -0.454 e. The number of fused-ring (bicyclic) bond motifs is 1. The molecule has 2 atom stereocenters. The molecule has 4 rings (SSSR count). The first-order valence-electron chi connectivity index (χ1n) is 9.56. The molecule has 3 heterocycles. The van der Waals surface area contributed by atoms with Crippen molar-refractivity contribution in [2.45, 2.75) is 36.7 Å². The highest BCUT2D eigenvalue weighted by atomic mass is 32.2. The molecular weight excluding hydrogens is 426 g/mol. The summed E-state index contributed by atoms with van der Waals surface area (Å²) in [7, 11) is -3.68. The molecule has 2 aliphatic rings. The van der Waals surface area contributed by atoms with E-state index in [0.717, 1.165) is 17.7 Å². The molecule has 0 radical (unpaired) electrons. The van der Waals surface area contributed by atoms with Crippen molar-refractivity contribution in [2.24, 2.45) is 4.99 Å². The van der Waals surface area contributed by atoms with Crippen LogP contribution in [0.15, 0.2) is 51.7 Å². The van der Waals surface area contributed by atoms with Gasteiger partial charge in [0, 0.05) is 17.0 Å². The second-order valence-corrected chi connectivity index (χ2v) is 9.75. The third kappa shape index (κ3) is 3.97. The van der Waals surface area contributed by atoms with E-state index in [9.17, 15) is 18.0 Å². The van der Waals surface area contributed by atoms with Crippen LogP contribution < -0.4 is 4.72 Å². The number of hydrogen-bond donors (Lipinski definition) is 1. The summed E-state index contributed by atoms with van der Waals surface area (Å²) in [4.78, 5) is 32.1. The number of aliphatic imine (C=N–C) groups is 1. The predicted molar refractivity (Wildman–Crippen MR) is 112 cm³/mol. The fourth-order valence-electron chi connectivity index (χ4n) is 3.65. The van der Waals surface area contributed by atoms with Gasteiger partial charge in [0.2, 0.25) is 0 Å². The number of carbonyl (C=O) groups excluding carboxylic acids is 2. The van der Waals surface area contributed by atoms with Crippen LogP contribution in [0.2, 0.25) is 0 Å². The van der Waals surface area contributed by atoms with Crippen molar-refractivity contribution in [1.29, 1.82) is 0 Å². The number of nitrogens with one attached hydrogen (secondary N) is 1. The van der Waals surface area contributed by atoms with Crippen LogP contribution in [0.5, 0.6) is 0 Å². The van der Waals surface area contributed by atoms with Gasteiger partial charge in [-0.05, 0) is 43.3 Å². The Labute approximate surface area is 178 Å². The summed E-state index contributed by atoms with van der Waals surface area (Å²) in [6, 6.07) is 9.42. The van der Waals surface area contributed by atoms with Gasteiger partial charge in [0.25, 0.3) is 15.9 Å². The molecule has 30 heavy (non-hydrogen) atoms. The van der Waals surface area contributed by atoms with Gasteiger partial charge in [0.15, 0.2) is 6.61 Å². The van der Waals surface area contributed by atoms with Crippen LogP contribution in [0.25, 0.3) is 0 Å². The first kappa shape index (κ1) is 20.5. The molecule has 2 aliphatic heterocycles. The standard InChI is InChI=1S/C20H21N3O5S2/c1-13(21-19-14-6-2-3-9-17(14)30(26,27)22-19)20(25)28-12-18(24)23-10-4-7-15(23)16-8-5-11-29-16/h2-3,5-6,8-9,11,13,15H,4,7,10,12H2,1H3,(H,21,22). The van der Waals surface area contributed by atoms with Crippen molar-refractivity contribution in [2.75, 3.05) is 13.2 Å². The molecule has 1 fully saturated rings. The number of thiophene rings is 1. The van der Waals surface area contributed by atoms with E-state index < -0.39 is 22.0 Å². The Morgan fingerprint density at radius 1 is 1.30 bits per heavy atom. The predicted octanol–water partition coefficient (Wildman–Crippen LogP) is 2.08. The second kappa shape index (κ2) is 8.19. The summed E-state index contributed by atoms with van der Waals surface area (Å²) >= 11 is 1.61. The molecule has 10 heteroatoms. The van der Waals surface area contributed by atoms with Gasteiger partial charge in [-0.15, -0.1) is 11.3 Å².